The van der Waals surface area contributed by atoms with Crippen LogP contribution in [-0.4, -0.2) is 49.2 Å². The van der Waals surface area contributed by atoms with Gasteiger partial charge in [0.15, 0.2) is 0 Å². The van der Waals surface area contributed by atoms with Gasteiger partial charge < -0.3 is 15.5 Å². The van der Waals surface area contributed by atoms with Crippen molar-refractivity contribution in [2.24, 2.45) is 5.73 Å². The molecule has 2 rings (SSSR count). The van der Waals surface area contributed by atoms with E-state index in [0.717, 1.165) is 31.9 Å². The van der Waals surface area contributed by atoms with Gasteiger partial charge in [0.25, 0.3) is 0 Å². The molecule has 0 aromatic carbocycles. The van der Waals surface area contributed by atoms with Crippen LogP contribution in [0.15, 0.2) is 12.3 Å². The predicted octanol–water partition coefficient (Wildman–Crippen LogP) is 1.03. The van der Waals surface area contributed by atoms with Crippen LogP contribution in [0, 0.1) is 6.92 Å². The topological polar surface area (TPSA) is 45.4 Å². The molecule has 0 amide bonds. The van der Waals surface area contributed by atoms with E-state index in [1.807, 2.05) is 6.20 Å². The average molecular weight is 248 g/mol. The Morgan fingerprint density at radius 3 is 2.83 bits per heavy atom. The Morgan fingerprint density at radius 2 is 2.22 bits per heavy atom. The zero-order valence-electron chi connectivity index (χ0n) is 11.7. The largest absolute Gasteiger partial charge is 0.351 e. The number of hydrogen-bond donors (Lipinski definition) is 1. The number of aryl methyl sites for hydroxylation is 1. The summed E-state index contributed by atoms with van der Waals surface area (Å²) in [6.07, 6.45) is 2.88. The number of nitrogens with two attached hydrogens (primary N) is 1. The van der Waals surface area contributed by atoms with Crippen LogP contribution in [0.2, 0.25) is 0 Å². The third-order valence-electron chi connectivity index (χ3n) is 3.64. The molecule has 0 radical (unpaired) electrons. The maximum absolute atomic E-state index is 5.59. The highest BCUT2D eigenvalue weighted by atomic mass is 15.3. The summed E-state index contributed by atoms with van der Waals surface area (Å²) >= 11 is 0. The molecular formula is C14H24N4. The summed E-state index contributed by atoms with van der Waals surface area (Å²) in [5.41, 5.74) is 8.08. The van der Waals surface area contributed by atoms with Crippen LogP contribution in [0.3, 0.4) is 0 Å². The molecule has 2 heterocycles. The van der Waals surface area contributed by atoms with E-state index in [-0.39, 0.29) is 0 Å². The minimum absolute atomic E-state index is 0.523. The lowest BCUT2D eigenvalue weighted by Crippen LogP contribution is -2.51. The van der Waals surface area contributed by atoms with Gasteiger partial charge in [0, 0.05) is 31.9 Å². The van der Waals surface area contributed by atoms with Gasteiger partial charge in [-0.25, -0.2) is 4.98 Å². The molecule has 4 heteroatoms. The van der Waals surface area contributed by atoms with Gasteiger partial charge in [0.05, 0.1) is 0 Å². The lowest BCUT2D eigenvalue weighted by Gasteiger charge is -2.39. The van der Waals surface area contributed by atoms with E-state index in [0.29, 0.717) is 12.6 Å². The Morgan fingerprint density at radius 1 is 1.44 bits per heavy atom. The highest BCUT2D eigenvalue weighted by Gasteiger charge is 2.23. The molecule has 1 aromatic rings. The highest BCUT2D eigenvalue weighted by molar-refractivity contribution is 5.48. The molecule has 1 saturated heterocycles. The monoisotopic (exact) mass is 248 g/mol. The second kappa shape index (κ2) is 5.67. The maximum atomic E-state index is 5.59. The van der Waals surface area contributed by atoms with Crippen molar-refractivity contribution in [1.29, 1.82) is 0 Å². The number of hydrogen-bond acceptors (Lipinski definition) is 4. The van der Waals surface area contributed by atoms with Crippen molar-refractivity contribution in [3.63, 3.8) is 0 Å². The first-order chi connectivity index (χ1) is 8.61. The van der Waals surface area contributed by atoms with Crippen molar-refractivity contribution in [2.75, 3.05) is 38.1 Å². The summed E-state index contributed by atoms with van der Waals surface area (Å²) in [5, 5.41) is 0. The molecule has 1 aliphatic rings. The summed E-state index contributed by atoms with van der Waals surface area (Å²) in [7, 11) is 2.18. The first-order valence-corrected chi connectivity index (χ1v) is 6.72. The molecule has 0 spiro atoms. The molecule has 1 aromatic heterocycles. The fraction of sp³-hybridized carbons (Fsp3) is 0.643. The summed E-state index contributed by atoms with van der Waals surface area (Å²) < 4.78 is 0. The van der Waals surface area contributed by atoms with Crippen molar-refractivity contribution < 1.29 is 0 Å². The van der Waals surface area contributed by atoms with Crippen molar-refractivity contribution in [2.45, 2.75) is 26.3 Å². The lowest BCUT2D eigenvalue weighted by molar-refractivity contribution is 0.274. The number of aromatic nitrogens is 1. The second-order valence-electron chi connectivity index (χ2n) is 5.33. The highest BCUT2D eigenvalue weighted by Crippen LogP contribution is 2.22. The van der Waals surface area contributed by atoms with Crippen molar-refractivity contribution in [3.05, 3.63) is 23.4 Å². The lowest BCUT2D eigenvalue weighted by atomic mass is 10.1. The van der Waals surface area contributed by atoms with Crippen LogP contribution in [-0.2, 0) is 6.42 Å². The van der Waals surface area contributed by atoms with E-state index in [1.54, 1.807) is 0 Å². The standard InChI is InChI=1S/C14H24N4/c1-11-8-13(4-5-15)9-16-14(11)18-7-6-17(3)10-12(18)2/h8-9,12H,4-7,10,15H2,1-3H3. The van der Waals surface area contributed by atoms with Crippen LogP contribution in [0.4, 0.5) is 5.82 Å². The van der Waals surface area contributed by atoms with Gasteiger partial charge in [-0.2, -0.15) is 0 Å². The van der Waals surface area contributed by atoms with E-state index in [2.05, 4.69) is 41.7 Å². The third kappa shape index (κ3) is 2.82. The van der Waals surface area contributed by atoms with Gasteiger partial charge in [-0.3, -0.25) is 0 Å². The first kappa shape index (κ1) is 13.3. The van der Waals surface area contributed by atoms with Gasteiger partial charge in [0.1, 0.15) is 5.82 Å². The quantitative estimate of drug-likeness (QED) is 0.868. The number of nitrogens with zero attached hydrogens (tertiary/aromatic N) is 3. The third-order valence-corrected chi connectivity index (χ3v) is 3.64. The molecule has 100 valence electrons. The predicted molar refractivity (Wildman–Crippen MR) is 76.0 cm³/mol. The molecule has 0 bridgehead atoms. The van der Waals surface area contributed by atoms with Gasteiger partial charge in [-0.1, -0.05) is 6.07 Å². The number of likely N-dealkylation sites (N-methyl/N-ethyl adjacent to an activating group) is 1. The van der Waals surface area contributed by atoms with E-state index in [9.17, 15) is 0 Å². The normalized spacial score (nSPS) is 21.3. The first-order valence-electron chi connectivity index (χ1n) is 6.72. The SMILES string of the molecule is Cc1cc(CCN)cnc1N1CCN(C)CC1C. The second-order valence-corrected chi connectivity index (χ2v) is 5.33. The van der Waals surface area contributed by atoms with E-state index in [4.69, 9.17) is 5.73 Å². The van der Waals surface area contributed by atoms with Gasteiger partial charge >= 0.3 is 0 Å². The summed E-state index contributed by atoms with van der Waals surface area (Å²) in [5.74, 6) is 1.14. The molecule has 18 heavy (non-hydrogen) atoms. The van der Waals surface area contributed by atoms with Crippen LogP contribution in [0.25, 0.3) is 0 Å². The fourth-order valence-corrected chi connectivity index (χ4v) is 2.68. The van der Waals surface area contributed by atoms with Crippen molar-refractivity contribution in [1.82, 2.24) is 9.88 Å². The van der Waals surface area contributed by atoms with E-state index in [1.165, 1.54) is 11.1 Å². The van der Waals surface area contributed by atoms with Crippen LogP contribution in [0.1, 0.15) is 18.1 Å². The minimum atomic E-state index is 0.523. The van der Waals surface area contributed by atoms with Crippen LogP contribution >= 0.6 is 0 Å². The molecular weight excluding hydrogens is 224 g/mol. The Bertz CT molecular complexity index is 405. The molecule has 4 nitrogen and oxygen atoms in total. The van der Waals surface area contributed by atoms with Gasteiger partial charge in [0.2, 0.25) is 0 Å². The maximum Gasteiger partial charge on any atom is 0.131 e. The van der Waals surface area contributed by atoms with Crippen molar-refractivity contribution >= 4 is 5.82 Å². The average Bonchev–Trinajstić information content (AvgIpc) is 2.31. The minimum Gasteiger partial charge on any atom is -0.351 e. The van der Waals surface area contributed by atoms with Crippen molar-refractivity contribution in [3.8, 4) is 0 Å². The molecule has 1 atom stereocenters. The molecule has 0 aliphatic carbocycles. The van der Waals surface area contributed by atoms with E-state index >= 15 is 0 Å². The number of anilines is 1. The molecule has 1 fully saturated rings. The molecule has 1 unspecified atom stereocenters. The van der Waals surface area contributed by atoms with Crippen LogP contribution in [0.5, 0.6) is 0 Å². The Balaban J connectivity index is 2.17. The molecule has 1 aliphatic heterocycles. The summed E-state index contributed by atoms with van der Waals surface area (Å²) in [6.45, 7) is 8.37. The van der Waals surface area contributed by atoms with Crippen LogP contribution < -0.4 is 10.6 Å². The Hall–Kier alpha value is -1.13. The molecule has 2 N–H and O–H groups in total. The smallest absolute Gasteiger partial charge is 0.131 e. The number of pyridine rings is 1. The zero-order valence-corrected chi connectivity index (χ0v) is 11.7. The van der Waals surface area contributed by atoms with Gasteiger partial charge in [-0.15, -0.1) is 0 Å². The van der Waals surface area contributed by atoms with Gasteiger partial charge in [-0.05, 0) is 45.0 Å². The Kier molecular flexibility index (Phi) is 4.19. The fourth-order valence-electron chi connectivity index (χ4n) is 2.68. The summed E-state index contributed by atoms with van der Waals surface area (Å²) in [6, 6.07) is 2.75. The summed E-state index contributed by atoms with van der Waals surface area (Å²) in [4.78, 5) is 9.44. The molecule has 0 saturated carbocycles. The zero-order chi connectivity index (χ0) is 13.1. The Labute approximate surface area is 110 Å². The number of rotatable bonds is 3. The van der Waals surface area contributed by atoms with E-state index < -0.39 is 0 Å². The number of piperazine rings is 1.